The Morgan fingerprint density at radius 3 is 2.43 bits per heavy atom. The highest BCUT2D eigenvalue weighted by Gasteiger charge is 2.12. The molecule has 5 nitrogen and oxygen atoms in total. The van der Waals surface area contributed by atoms with Crippen molar-refractivity contribution in [1.29, 1.82) is 0 Å². The van der Waals surface area contributed by atoms with Crippen LogP contribution in [0.5, 0.6) is 0 Å². The molecule has 2 rings (SSSR count). The Labute approximate surface area is 140 Å². The monoisotopic (exact) mass is 331 g/mol. The zero-order valence-corrected chi connectivity index (χ0v) is 14.6. The van der Waals surface area contributed by atoms with E-state index in [1.54, 1.807) is 0 Å². The van der Waals surface area contributed by atoms with Crippen LogP contribution in [0.2, 0.25) is 0 Å². The molecule has 2 N–H and O–H groups in total. The van der Waals surface area contributed by atoms with Gasteiger partial charge in [0.15, 0.2) is 5.13 Å². The molecule has 0 aliphatic heterocycles. The van der Waals surface area contributed by atoms with Crippen LogP contribution in [0.1, 0.15) is 30.0 Å². The number of carbonyl (C=O) groups is 2. The summed E-state index contributed by atoms with van der Waals surface area (Å²) in [5.74, 6) is -0.295. The largest absolute Gasteiger partial charge is 0.356 e. The normalized spacial score (nSPS) is 10.4. The van der Waals surface area contributed by atoms with E-state index in [1.807, 2.05) is 5.38 Å². The van der Waals surface area contributed by atoms with Crippen LogP contribution < -0.4 is 10.6 Å². The number of aryl methyl sites for hydroxylation is 3. The van der Waals surface area contributed by atoms with E-state index in [1.165, 1.54) is 35.0 Å². The summed E-state index contributed by atoms with van der Waals surface area (Å²) in [6.45, 7) is 7.97. The number of anilines is 1. The molecule has 0 spiro atoms. The fourth-order valence-electron chi connectivity index (χ4n) is 2.56. The summed E-state index contributed by atoms with van der Waals surface area (Å²) in [6, 6.07) is 4.26. The van der Waals surface area contributed by atoms with Crippen LogP contribution >= 0.6 is 11.3 Å². The molecule has 2 aromatic rings. The first-order chi connectivity index (χ1) is 10.9. The SMILES string of the molecule is CC(=O)NCCC(=O)Nc1nc(-c2c(C)cc(C)cc2C)cs1. The van der Waals surface area contributed by atoms with Crippen molar-refractivity contribution in [2.75, 3.05) is 11.9 Å². The van der Waals surface area contributed by atoms with Crippen LogP contribution in [0, 0.1) is 20.8 Å². The lowest BCUT2D eigenvalue weighted by Gasteiger charge is -2.08. The summed E-state index contributed by atoms with van der Waals surface area (Å²) < 4.78 is 0. The Bertz CT molecular complexity index is 714. The van der Waals surface area contributed by atoms with Gasteiger partial charge in [0.2, 0.25) is 11.8 Å². The zero-order valence-electron chi connectivity index (χ0n) is 13.8. The number of hydrogen-bond acceptors (Lipinski definition) is 4. The minimum Gasteiger partial charge on any atom is -0.356 e. The standard InChI is InChI=1S/C17H21N3O2S/c1-10-7-11(2)16(12(3)8-10)14-9-23-17(19-14)20-15(22)5-6-18-13(4)21/h7-9H,5-6H2,1-4H3,(H,18,21)(H,19,20,22). The maximum Gasteiger partial charge on any atom is 0.227 e. The lowest BCUT2D eigenvalue weighted by atomic mass is 9.98. The Morgan fingerprint density at radius 1 is 1.17 bits per heavy atom. The van der Waals surface area contributed by atoms with Gasteiger partial charge in [0.05, 0.1) is 5.69 Å². The Kier molecular flexibility index (Phi) is 5.50. The fraction of sp³-hybridized carbons (Fsp3) is 0.353. The number of amides is 2. The second-order valence-electron chi connectivity index (χ2n) is 5.59. The van der Waals surface area contributed by atoms with Crippen LogP contribution in [0.15, 0.2) is 17.5 Å². The molecule has 1 heterocycles. The van der Waals surface area contributed by atoms with E-state index in [0.717, 1.165) is 11.3 Å². The highest BCUT2D eigenvalue weighted by molar-refractivity contribution is 7.14. The van der Waals surface area contributed by atoms with E-state index in [0.29, 0.717) is 11.7 Å². The molecule has 1 aromatic carbocycles. The van der Waals surface area contributed by atoms with Gasteiger partial charge >= 0.3 is 0 Å². The molecule has 6 heteroatoms. The number of benzene rings is 1. The van der Waals surface area contributed by atoms with Crippen molar-refractivity contribution in [3.63, 3.8) is 0 Å². The van der Waals surface area contributed by atoms with E-state index in [2.05, 4.69) is 48.5 Å². The van der Waals surface area contributed by atoms with Crippen molar-refractivity contribution in [2.45, 2.75) is 34.1 Å². The number of nitrogens with one attached hydrogen (secondary N) is 2. The third-order valence-electron chi connectivity index (χ3n) is 3.41. The van der Waals surface area contributed by atoms with E-state index < -0.39 is 0 Å². The van der Waals surface area contributed by atoms with Gasteiger partial charge in [-0.1, -0.05) is 17.7 Å². The summed E-state index contributed by atoms with van der Waals surface area (Å²) in [5.41, 5.74) is 5.57. The van der Waals surface area contributed by atoms with Crippen molar-refractivity contribution >= 4 is 28.3 Å². The highest BCUT2D eigenvalue weighted by atomic mass is 32.1. The van der Waals surface area contributed by atoms with Crippen LogP contribution in [0.4, 0.5) is 5.13 Å². The van der Waals surface area contributed by atoms with Crippen LogP contribution in [0.25, 0.3) is 11.3 Å². The summed E-state index contributed by atoms with van der Waals surface area (Å²) >= 11 is 1.40. The van der Waals surface area contributed by atoms with Crippen molar-refractivity contribution in [2.24, 2.45) is 0 Å². The third kappa shape index (κ3) is 4.63. The molecule has 0 aliphatic carbocycles. The molecule has 0 aliphatic rings. The number of hydrogen-bond donors (Lipinski definition) is 2. The number of thiazole rings is 1. The Morgan fingerprint density at radius 2 is 1.83 bits per heavy atom. The summed E-state index contributed by atoms with van der Waals surface area (Å²) in [6.07, 6.45) is 0.233. The van der Waals surface area contributed by atoms with Gasteiger partial charge in [-0.15, -0.1) is 11.3 Å². The van der Waals surface area contributed by atoms with Gasteiger partial charge in [-0.05, 0) is 31.9 Å². The van der Waals surface area contributed by atoms with Gasteiger partial charge in [-0.25, -0.2) is 4.98 Å². The minimum absolute atomic E-state index is 0.139. The fourth-order valence-corrected chi connectivity index (χ4v) is 3.28. The minimum atomic E-state index is -0.156. The first-order valence-electron chi connectivity index (χ1n) is 7.45. The molecular weight excluding hydrogens is 310 g/mol. The number of aromatic nitrogens is 1. The van der Waals surface area contributed by atoms with Gasteiger partial charge in [0, 0.05) is 30.8 Å². The molecule has 0 bridgehead atoms. The second kappa shape index (κ2) is 7.37. The number of nitrogens with zero attached hydrogens (tertiary/aromatic N) is 1. The molecule has 0 fully saturated rings. The van der Waals surface area contributed by atoms with Gasteiger partial charge in [0.25, 0.3) is 0 Å². The topological polar surface area (TPSA) is 71.1 Å². The number of rotatable bonds is 5. The number of carbonyl (C=O) groups excluding carboxylic acids is 2. The molecule has 0 radical (unpaired) electrons. The molecule has 0 saturated heterocycles. The maximum absolute atomic E-state index is 11.8. The van der Waals surface area contributed by atoms with Crippen LogP contribution in [-0.2, 0) is 9.59 Å². The van der Waals surface area contributed by atoms with Gasteiger partial charge in [-0.2, -0.15) is 0 Å². The lowest BCUT2D eigenvalue weighted by molar-refractivity contribution is -0.119. The highest BCUT2D eigenvalue weighted by Crippen LogP contribution is 2.31. The lowest BCUT2D eigenvalue weighted by Crippen LogP contribution is -2.25. The zero-order chi connectivity index (χ0) is 17.0. The van der Waals surface area contributed by atoms with E-state index in [-0.39, 0.29) is 18.2 Å². The predicted octanol–water partition coefficient (Wildman–Crippen LogP) is 3.20. The molecule has 122 valence electrons. The molecule has 0 unspecified atom stereocenters. The molecule has 0 atom stereocenters. The molecule has 1 aromatic heterocycles. The van der Waals surface area contributed by atoms with E-state index in [4.69, 9.17) is 0 Å². The molecule has 0 saturated carbocycles. The molecule has 23 heavy (non-hydrogen) atoms. The first-order valence-corrected chi connectivity index (χ1v) is 8.33. The Hall–Kier alpha value is -2.21. The van der Waals surface area contributed by atoms with Gasteiger partial charge < -0.3 is 10.6 Å². The third-order valence-corrected chi connectivity index (χ3v) is 4.17. The quantitative estimate of drug-likeness (QED) is 0.884. The molecule has 2 amide bonds. The second-order valence-corrected chi connectivity index (χ2v) is 6.45. The summed E-state index contributed by atoms with van der Waals surface area (Å²) in [5, 5.41) is 7.90. The van der Waals surface area contributed by atoms with Crippen LogP contribution in [-0.4, -0.2) is 23.3 Å². The van der Waals surface area contributed by atoms with Crippen molar-refractivity contribution < 1.29 is 9.59 Å². The van der Waals surface area contributed by atoms with Gasteiger partial charge in [-0.3, -0.25) is 9.59 Å². The predicted molar refractivity (Wildman–Crippen MR) is 93.7 cm³/mol. The summed E-state index contributed by atoms with van der Waals surface area (Å²) in [4.78, 5) is 27.1. The van der Waals surface area contributed by atoms with E-state index >= 15 is 0 Å². The smallest absolute Gasteiger partial charge is 0.227 e. The maximum atomic E-state index is 11.8. The van der Waals surface area contributed by atoms with Crippen LogP contribution in [0.3, 0.4) is 0 Å². The van der Waals surface area contributed by atoms with Crippen molar-refractivity contribution in [3.05, 3.63) is 34.2 Å². The van der Waals surface area contributed by atoms with Crippen molar-refractivity contribution in [3.8, 4) is 11.3 Å². The van der Waals surface area contributed by atoms with Gasteiger partial charge in [0.1, 0.15) is 0 Å². The summed E-state index contributed by atoms with van der Waals surface area (Å²) in [7, 11) is 0. The molecular formula is C17H21N3O2S. The van der Waals surface area contributed by atoms with Crippen molar-refractivity contribution in [1.82, 2.24) is 10.3 Å². The average Bonchev–Trinajstić information content (AvgIpc) is 2.85. The Balaban J connectivity index is 2.07. The van der Waals surface area contributed by atoms with E-state index in [9.17, 15) is 9.59 Å². The average molecular weight is 331 g/mol. The first kappa shape index (κ1) is 17.1.